The first-order valence-corrected chi connectivity index (χ1v) is 20.4. The van der Waals surface area contributed by atoms with E-state index in [0.717, 1.165) is 33.7 Å². The molecule has 10 aromatic rings. The van der Waals surface area contributed by atoms with Gasteiger partial charge in [0.1, 0.15) is 11.6 Å². The van der Waals surface area contributed by atoms with E-state index in [0.29, 0.717) is 67.2 Å². The van der Waals surface area contributed by atoms with Crippen LogP contribution >= 0.6 is 0 Å². The van der Waals surface area contributed by atoms with E-state index in [1.54, 1.807) is 107 Å². The van der Waals surface area contributed by atoms with Gasteiger partial charge in [-0.25, -0.2) is 27.3 Å². The first kappa shape index (κ1) is 40.6. The summed E-state index contributed by atoms with van der Waals surface area (Å²) >= 11 is 0. The van der Waals surface area contributed by atoms with Crippen molar-refractivity contribution in [3.05, 3.63) is 227 Å². The molecule has 6 nitrogen and oxygen atoms in total. The van der Waals surface area contributed by atoms with Gasteiger partial charge in [0, 0.05) is 45.4 Å². The number of halogens is 4. The summed E-state index contributed by atoms with van der Waals surface area (Å²) in [6, 6.07) is 49.9. The first-order chi connectivity index (χ1) is 32.2. The van der Waals surface area contributed by atoms with Crippen LogP contribution < -0.4 is 9.80 Å². The molecule has 0 aliphatic rings. The van der Waals surface area contributed by atoms with Gasteiger partial charge in [-0.2, -0.15) is 10.5 Å². The van der Waals surface area contributed by atoms with Gasteiger partial charge in [0.2, 0.25) is 0 Å². The average molecular weight is 861 g/mol. The Bertz CT molecular complexity index is 3480. The number of hydrogen-bond acceptors (Lipinski definition) is 4. The fourth-order valence-corrected chi connectivity index (χ4v) is 8.77. The largest absolute Gasteiger partial charge is 0.307 e. The fraction of sp³-hybridized carbons (Fsp3) is 0. The molecule has 0 unspecified atom stereocenters. The molecule has 0 spiro atoms. The molecule has 0 saturated heterocycles. The zero-order chi connectivity index (χ0) is 45.6. The third kappa shape index (κ3) is 6.89. The molecular weight excluding hydrogens is 833 g/mol. The second-order valence-corrected chi connectivity index (χ2v) is 15.5. The summed E-state index contributed by atoms with van der Waals surface area (Å²) in [4.78, 5) is 10.4. The van der Waals surface area contributed by atoms with Crippen LogP contribution in [0.15, 0.2) is 170 Å². The van der Waals surface area contributed by atoms with Crippen molar-refractivity contribution in [1.29, 1.82) is 10.5 Å². The molecule has 0 saturated carbocycles. The van der Waals surface area contributed by atoms with Gasteiger partial charge >= 0.3 is 0 Å². The van der Waals surface area contributed by atoms with Gasteiger partial charge in [0.05, 0.1) is 59.2 Å². The van der Waals surface area contributed by atoms with Crippen molar-refractivity contribution in [2.45, 2.75) is 0 Å². The highest BCUT2D eigenvalue weighted by Crippen LogP contribution is 2.51. The highest BCUT2D eigenvalue weighted by Gasteiger charge is 2.28. The summed E-state index contributed by atoms with van der Waals surface area (Å²) in [6.45, 7) is 15.1. The second kappa shape index (κ2) is 16.3. The number of anilines is 6. The van der Waals surface area contributed by atoms with Gasteiger partial charge in [-0.3, -0.25) is 0 Å². The van der Waals surface area contributed by atoms with E-state index in [-0.39, 0.29) is 22.5 Å². The van der Waals surface area contributed by atoms with Crippen molar-refractivity contribution in [1.82, 2.24) is 0 Å². The van der Waals surface area contributed by atoms with Crippen molar-refractivity contribution in [2.75, 3.05) is 9.80 Å². The molecule has 0 aromatic heterocycles. The minimum Gasteiger partial charge on any atom is -0.307 e. The molecular formula is C56H28F4N6. The summed E-state index contributed by atoms with van der Waals surface area (Å²) in [7, 11) is 0. The smallest absolute Gasteiger partial charge is 0.187 e. The molecule has 0 radical (unpaired) electrons. The van der Waals surface area contributed by atoms with Crippen LogP contribution in [-0.4, -0.2) is 0 Å². The maximum atomic E-state index is 16.8. The molecule has 0 aliphatic heterocycles. The van der Waals surface area contributed by atoms with E-state index >= 15 is 17.6 Å². The maximum Gasteiger partial charge on any atom is 0.187 e. The minimum atomic E-state index is -0.854. The molecule has 0 aliphatic carbocycles. The molecule has 0 N–H and O–H groups in total. The molecule has 10 aromatic carbocycles. The van der Waals surface area contributed by atoms with Crippen LogP contribution in [0.5, 0.6) is 0 Å². The molecule has 10 rings (SSSR count). The van der Waals surface area contributed by atoms with Gasteiger partial charge in [-0.05, 0) is 105 Å². The van der Waals surface area contributed by atoms with Crippen LogP contribution in [-0.2, 0) is 0 Å². The zero-order valence-electron chi connectivity index (χ0n) is 34.4. The Morgan fingerprint density at radius 3 is 1.20 bits per heavy atom. The van der Waals surface area contributed by atoms with E-state index in [9.17, 15) is 10.5 Å². The third-order valence-corrected chi connectivity index (χ3v) is 11.7. The summed E-state index contributed by atoms with van der Waals surface area (Å²) in [5.74, 6) is -3.29. The number of hydrogen-bond donors (Lipinski definition) is 0. The lowest BCUT2D eigenvalue weighted by atomic mass is 9.91. The van der Waals surface area contributed by atoms with Gasteiger partial charge in [-0.15, -0.1) is 0 Å². The highest BCUT2D eigenvalue weighted by atomic mass is 19.1. The zero-order valence-corrected chi connectivity index (χ0v) is 34.4. The molecule has 0 bridgehead atoms. The Morgan fingerprint density at radius 2 is 0.788 bits per heavy atom. The van der Waals surface area contributed by atoms with Gasteiger partial charge in [-0.1, -0.05) is 84.9 Å². The van der Waals surface area contributed by atoms with Crippen molar-refractivity contribution in [3.63, 3.8) is 0 Å². The number of rotatable bonds is 8. The second-order valence-electron chi connectivity index (χ2n) is 15.5. The van der Waals surface area contributed by atoms with Gasteiger partial charge < -0.3 is 9.80 Å². The van der Waals surface area contributed by atoms with E-state index in [2.05, 4.69) is 21.8 Å². The Hall–Kier alpha value is -9.48. The lowest BCUT2D eigenvalue weighted by Gasteiger charge is -2.31. The van der Waals surface area contributed by atoms with Crippen molar-refractivity contribution in [2.24, 2.45) is 0 Å². The molecule has 0 amide bonds. The predicted octanol–water partition coefficient (Wildman–Crippen LogP) is 16.3. The van der Waals surface area contributed by atoms with Crippen LogP contribution in [0.1, 0.15) is 11.1 Å². The fourth-order valence-electron chi connectivity index (χ4n) is 8.77. The number of nitrogens with zero attached hydrogens (tertiary/aromatic N) is 6. The van der Waals surface area contributed by atoms with Crippen molar-refractivity contribution >= 4 is 77.8 Å². The molecule has 0 heterocycles. The summed E-state index contributed by atoms with van der Waals surface area (Å²) in [5.41, 5.74) is 4.92. The summed E-state index contributed by atoms with van der Waals surface area (Å²) in [5, 5.41) is 23.8. The highest BCUT2D eigenvalue weighted by molar-refractivity contribution is 6.28. The normalized spacial score (nSPS) is 11.0. The van der Waals surface area contributed by atoms with Crippen LogP contribution in [0.3, 0.4) is 0 Å². The summed E-state index contributed by atoms with van der Waals surface area (Å²) in [6.07, 6.45) is 0. The lowest BCUT2D eigenvalue weighted by Crippen LogP contribution is -2.15. The standard InChI is InChI=1S/C56H28F4N6/c1-63-41-15-9-36(10-16-41)48-28-40(58)30-50(60)56(48)66(44-21-17-42(64-2)18-22-44)52-26-14-38-11-23-45-51(25-13-37-12-24-46(52)54(38)53(37)45)65(43-19-5-34(32-62)6-20-43)55-47(27-39(57)29-49(55)59)35-7-3-33(31-61)4-8-35/h3-30H. The van der Waals surface area contributed by atoms with Gasteiger partial charge in [0.25, 0.3) is 0 Å². The van der Waals surface area contributed by atoms with Crippen LogP contribution in [0, 0.1) is 59.1 Å². The number of nitriles is 2. The third-order valence-electron chi connectivity index (χ3n) is 11.7. The quantitative estimate of drug-likeness (QED) is 0.0867. The van der Waals surface area contributed by atoms with Crippen LogP contribution in [0.4, 0.5) is 63.1 Å². The maximum absolute atomic E-state index is 16.8. The first-order valence-electron chi connectivity index (χ1n) is 20.4. The van der Waals surface area contributed by atoms with Crippen LogP contribution in [0.2, 0.25) is 0 Å². The Morgan fingerprint density at radius 1 is 0.424 bits per heavy atom. The van der Waals surface area contributed by atoms with E-state index < -0.39 is 23.3 Å². The Kier molecular flexibility index (Phi) is 10.0. The lowest BCUT2D eigenvalue weighted by molar-refractivity contribution is 0.584. The van der Waals surface area contributed by atoms with Crippen molar-refractivity contribution in [3.8, 4) is 34.4 Å². The molecule has 310 valence electrons. The summed E-state index contributed by atoms with van der Waals surface area (Å²) < 4.78 is 64.2. The van der Waals surface area contributed by atoms with Gasteiger partial charge in [0.15, 0.2) is 23.0 Å². The minimum absolute atomic E-state index is 0.0271. The average Bonchev–Trinajstić information content (AvgIpc) is 3.35. The Labute approximate surface area is 375 Å². The van der Waals surface area contributed by atoms with E-state index in [1.165, 1.54) is 12.1 Å². The van der Waals surface area contributed by atoms with E-state index in [1.807, 2.05) is 48.5 Å². The van der Waals surface area contributed by atoms with Crippen LogP contribution in [0.25, 0.3) is 64.3 Å². The molecule has 66 heavy (non-hydrogen) atoms. The topological polar surface area (TPSA) is 62.8 Å². The monoisotopic (exact) mass is 860 g/mol. The SMILES string of the molecule is [C-]#[N+]c1ccc(-c2cc(F)cc(F)c2N(c2ccc([N+]#[C-])cc2)c2ccc3ccc4c(N(c5ccc(C#N)cc5)c5c(F)cc(F)cc5-c5ccc(C#N)cc5)ccc5ccc2c3c54)cc1. The van der Waals surface area contributed by atoms with Crippen molar-refractivity contribution < 1.29 is 17.6 Å². The van der Waals surface area contributed by atoms with E-state index in [4.69, 9.17) is 13.1 Å². The number of benzene rings is 10. The predicted molar refractivity (Wildman–Crippen MR) is 252 cm³/mol. The molecule has 0 fully saturated rings. The molecule has 0 atom stereocenters. The Balaban J connectivity index is 1.26. The molecule has 10 heteroatoms.